The molecule has 0 unspecified atom stereocenters. The summed E-state index contributed by atoms with van der Waals surface area (Å²) in [6, 6.07) is 20.7. The molecule has 0 atom stereocenters. The van der Waals surface area contributed by atoms with Gasteiger partial charge in [-0.2, -0.15) is 0 Å². The number of hydrogen-bond donors (Lipinski definition) is 1. The Morgan fingerprint density at radius 2 is 1.79 bits per heavy atom. The summed E-state index contributed by atoms with van der Waals surface area (Å²) in [4.78, 5) is 17.6. The molecule has 1 aliphatic rings. The van der Waals surface area contributed by atoms with Crippen molar-refractivity contribution in [3.8, 4) is 17.2 Å². The Hall–Kier alpha value is -3.42. The molecule has 6 nitrogen and oxygen atoms in total. The van der Waals surface area contributed by atoms with Crippen molar-refractivity contribution in [3.63, 3.8) is 0 Å². The summed E-state index contributed by atoms with van der Waals surface area (Å²) in [6.07, 6.45) is 1.79. The number of amidine groups is 1. The number of methoxy groups -OCH3 is 1. The molecule has 3 aromatic carbocycles. The number of hydrogen-bond acceptors (Lipinski definition) is 6. The van der Waals surface area contributed by atoms with Crippen LogP contribution in [0.1, 0.15) is 18.1 Å². The summed E-state index contributed by atoms with van der Waals surface area (Å²) in [5, 5.41) is 3.76. The van der Waals surface area contributed by atoms with Gasteiger partial charge in [-0.3, -0.25) is 4.79 Å². The van der Waals surface area contributed by atoms with Crippen molar-refractivity contribution in [2.45, 2.75) is 13.5 Å². The number of nitrogens with zero attached hydrogens (tertiary/aromatic N) is 1. The first-order chi connectivity index (χ1) is 16.6. The van der Waals surface area contributed by atoms with Crippen LogP contribution in [-0.2, 0) is 11.4 Å². The summed E-state index contributed by atoms with van der Waals surface area (Å²) >= 11 is 7.33. The fourth-order valence-electron chi connectivity index (χ4n) is 3.23. The standard InChI is InChI=1S/C26H23ClN2O4S/c1-3-32-23-13-18(9-11-22(23)33-16-17-7-5-4-6-8-17)14-24-25(30)29-26(34-24)28-20-15-19(27)10-12-21(20)31-2/h4-15H,3,16H2,1-2H3,(H,28,29,30)/b24-14-. The Kier molecular flexibility index (Phi) is 7.77. The van der Waals surface area contributed by atoms with E-state index in [1.807, 2.05) is 55.5 Å². The van der Waals surface area contributed by atoms with Gasteiger partial charge in [0.05, 0.1) is 18.6 Å². The molecule has 34 heavy (non-hydrogen) atoms. The lowest BCUT2D eigenvalue weighted by Gasteiger charge is -2.13. The van der Waals surface area contributed by atoms with Crippen LogP contribution in [-0.4, -0.2) is 24.8 Å². The molecule has 0 radical (unpaired) electrons. The highest BCUT2D eigenvalue weighted by atomic mass is 35.5. The largest absolute Gasteiger partial charge is 0.494 e. The quantitative estimate of drug-likeness (QED) is 0.376. The maximum Gasteiger partial charge on any atom is 0.264 e. The number of carbonyl (C=O) groups excluding carboxylic acids is 1. The van der Waals surface area contributed by atoms with Gasteiger partial charge in [0.2, 0.25) is 0 Å². The highest BCUT2D eigenvalue weighted by molar-refractivity contribution is 8.18. The van der Waals surface area contributed by atoms with Gasteiger partial charge >= 0.3 is 0 Å². The van der Waals surface area contributed by atoms with E-state index in [2.05, 4.69) is 10.3 Å². The van der Waals surface area contributed by atoms with E-state index in [4.69, 9.17) is 25.8 Å². The van der Waals surface area contributed by atoms with Crippen LogP contribution >= 0.6 is 23.4 Å². The first kappa shape index (κ1) is 23.7. The summed E-state index contributed by atoms with van der Waals surface area (Å²) in [6.45, 7) is 2.85. The highest BCUT2D eigenvalue weighted by Crippen LogP contribution is 2.35. The van der Waals surface area contributed by atoms with E-state index in [9.17, 15) is 4.79 Å². The first-order valence-corrected chi connectivity index (χ1v) is 11.8. The zero-order chi connectivity index (χ0) is 23.9. The van der Waals surface area contributed by atoms with E-state index in [-0.39, 0.29) is 5.91 Å². The molecule has 0 aliphatic carbocycles. The lowest BCUT2D eigenvalue weighted by atomic mass is 10.2. The van der Waals surface area contributed by atoms with E-state index in [1.165, 1.54) is 11.8 Å². The molecule has 8 heteroatoms. The minimum absolute atomic E-state index is 0.230. The zero-order valence-corrected chi connectivity index (χ0v) is 20.3. The van der Waals surface area contributed by atoms with E-state index < -0.39 is 0 Å². The van der Waals surface area contributed by atoms with Gasteiger partial charge < -0.3 is 19.5 Å². The summed E-state index contributed by atoms with van der Waals surface area (Å²) < 4.78 is 17.1. The number of carbonyl (C=O) groups is 1. The number of aliphatic imine (C=N–C) groups is 1. The van der Waals surface area contributed by atoms with Gasteiger partial charge in [-0.15, -0.1) is 0 Å². The second-order valence-corrected chi connectivity index (χ2v) is 8.68. The lowest BCUT2D eigenvalue weighted by molar-refractivity contribution is -0.115. The highest BCUT2D eigenvalue weighted by Gasteiger charge is 2.24. The Morgan fingerprint density at radius 3 is 2.56 bits per heavy atom. The average Bonchev–Trinajstić information content (AvgIpc) is 3.18. The molecular formula is C26H23ClN2O4S. The van der Waals surface area contributed by atoms with Crippen LogP contribution in [0, 0.1) is 0 Å². The lowest BCUT2D eigenvalue weighted by Crippen LogP contribution is -2.19. The first-order valence-electron chi connectivity index (χ1n) is 10.6. The van der Waals surface area contributed by atoms with Gasteiger partial charge in [-0.25, -0.2) is 4.99 Å². The molecule has 0 spiro atoms. The molecule has 1 aliphatic heterocycles. The van der Waals surface area contributed by atoms with Gasteiger partial charge in [-0.05, 0) is 66.2 Å². The smallest absolute Gasteiger partial charge is 0.264 e. The maximum atomic E-state index is 12.5. The van der Waals surface area contributed by atoms with E-state index >= 15 is 0 Å². The van der Waals surface area contributed by atoms with Crippen LogP contribution in [0.4, 0.5) is 5.69 Å². The Bertz CT molecular complexity index is 1240. The van der Waals surface area contributed by atoms with Crippen molar-refractivity contribution < 1.29 is 19.0 Å². The Labute approximate surface area is 207 Å². The Balaban J connectivity index is 1.53. The molecule has 174 valence electrons. The third-order valence-electron chi connectivity index (χ3n) is 4.82. The van der Waals surface area contributed by atoms with E-state index in [0.29, 0.717) is 51.2 Å². The second kappa shape index (κ2) is 11.1. The minimum atomic E-state index is -0.230. The Morgan fingerprint density at radius 1 is 1.00 bits per heavy atom. The number of ether oxygens (including phenoxy) is 3. The molecule has 1 N–H and O–H groups in total. The molecule has 1 saturated heterocycles. The normalized spacial score (nSPS) is 15.4. The minimum Gasteiger partial charge on any atom is -0.494 e. The summed E-state index contributed by atoms with van der Waals surface area (Å²) in [7, 11) is 1.56. The van der Waals surface area contributed by atoms with Gasteiger partial charge in [0.15, 0.2) is 16.7 Å². The van der Waals surface area contributed by atoms with Crippen molar-refractivity contribution in [2.24, 2.45) is 4.99 Å². The van der Waals surface area contributed by atoms with Gasteiger partial charge in [-0.1, -0.05) is 48.0 Å². The third-order valence-corrected chi connectivity index (χ3v) is 5.96. The number of rotatable bonds is 8. The topological polar surface area (TPSA) is 69.2 Å². The molecule has 0 saturated carbocycles. The van der Waals surface area contributed by atoms with Crippen molar-refractivity contribution in [2.75, 3.05) is 13.7 Å². The summed E-state index contributed by atoms with van der Waals surface area (Å²) in [5.74, 6) is 1.60. The number of halogens is 1. The second-order valence-electron chi connectivity index (χ2n) is 7.21. The summed E-state index contributed by atoms with van der Waals surface area (Å²) in [5.41, 5.74) is 2.42. The predicted octanol–water partition coefficient (Wildman–Crippen LogP) is 6.22. The zero-order valence-electron chi connectivity index (χ0n) is 18.7. The van der Waals surface area contributed by atoms with E-state index in [1.54, 1.807) is 31.4 Å². The molecule has 4 rings (SSSR count). The van der Waals surface area contributed by atoms with Gasteiger partial charge in [0.25, 0.3) is 5.91 Å². The molecule has 0 bridgehead atoms. The van der Waals surface area contributed by atoms with Gasteiger partial charge in [0, 0.05) is 5.02 Å². The molecule has 1 fully saturated rings. The maximum absolute atomic E-state index is 12.5. The fourth-order valence-corrected chi connectivity index (χ4v) is 4.23. The molecule has 1 heterocycles. The van der Waals surface area contributed by atoms with Crippen molar-refractivity contribution in [1.82, 2.24) is 5.32 Å². The number of amides is 1. The van der Waals surface area contributed by atoms with Crippen LogP contribution in [0.3, 0.4) is 0 Å². The number of benzene rings is 3. The molecule has 0 aromatic heterocycles. The number of nitrogens with one attached hydrogen (secondary N) is 1. The van der Waals surface area contributed by atoms with E-state index in [0.717, 1.165) is 11.1 Å². The fraction of sp³-hybridized carbons (Fsp3) is 0.154. The third kappa shape index (κ3) is 5.92. The van der Waals surface area contributed by atoms with Crippen LogP contribution in [0.25, 0.3) is 6.08 Å². The average molecular weight is 495 g/mol. The molecule has 1 amide bonds. The van der Waals surface area contributed by atoms with Crippen LogP contribution < -0.4 is 19.5 Å². The van der Waals surface area contributed by atoms with Crippen molar-refractivity contribution in [3.05, 3.63) is 87.8 Å². The molecule has 3 aromatic rings. The number of thioether (sulfide) groups is 1. The van der Waals surface area contributed by atoms with Crippen molar-refractivity contribution in [1.29, 1.82) is 0 Å². The van der Waals surface area contributed by atoms with Crippen LogP contribution in [0.2, 0.25) is 5.02 Å². The van der Waals surface area contributed by atoms with Crippen LogP contribution in [0.5, 0.6) is 17.2 Å². The van der Waals surface area contributed by atoms with Crippen LogP contribution in [0.15, 0.2) is 76.6 Å². The molecular weight excluding hydrogens is 472 g/mol. The predicted molar refractivity (Wildman–Crippen MR) is 137 cm³/mol. The van der Waals surface area contributed by atoms with Crippen molar-refractivity contribution >= 4 is 46.2 Å². The monoisotopic (exact) mass is 494 g/mol. The van der Waals surface area contributed by atoms with Gasteiger partial charge in [0.1, 0.15) is 18.0 Å². The SMILES string of the molecule is CCOc1cc(/C=C2\SC(=Nc3cc(Cl)ccc3OC)NC2=O)ccc1OCc1ccccc1.